The Morgan fingerprint density at radius 1 is 1.25 bits per heavy atom. The van der Waals surface area contributed by atoms with Crippen molar-refractivity contribution in [3.63, 3.8) is 0 Å². The number of ether oxygens (including phenoxy) is 1. The standard InChI is InChI=1S/C9H4F7NO3/c10-4-1-3(2-5(18)19)7(20-9(14,15)16)17-6(4)8(11,12)13/h1H,2H2,(H,18,19). The van der Waals surface area contributed by atoms with Gasteiger partial charge >= 0.3 is 18.5 Å². The van der Waals surface area contributed by atoms with Crippen molar-refractivity contribution in [2.45, 2.75) is 19.0 Å². The van der Waals surface area contributed by atoms with Gasteiger partial charge in [-0.2, -0.15) is 13.2 Å². The first-order chi connectivity index (χ1) is 8.90. The highest BCUT2D eigenvalue weighted by Crippen LogP contribution is 2.34. The first-order valence-corrected chi connectivity index (χ1v) is 4.64. The van der Waals surface area contributed by atoms with Gasteiger partial charge < -0.3 is 9.84 Å². The van der Waals surface area contributed by atoms with Crippen LogP contribution in [0.4, 0.5) is 30.7 Å². The minimum Gasteiger partial charge on any atom is -0.481 e. The van der Waals surface area contributed by atoms with Gasteiger partial charge in [0.25, 0.3) is 0 Å². The number of hydrogen-bond donors (Lipinski definition) is 1. The molecule has 1 aromatic heterocycles. The second-order valence-corrected chi connectivity index (χ2v) is 3.40. The van der Waals surface area contributed by atoms with E-state index in [4.69, 9.17) is 5.11 Å². The number of nitrogens with zero attached hydrogens (tertiary/aromatic N) is 1. The minimum atomic E-state index is -5.40. The van der Waals surface area contributed by atoms with E-state index in [1.807, 2.05) is 0 Å². The highest BCUT2D eigenvalue weighted by molar-refractivity contribution is 5.71. The normalized spacial score (nSPS) is 12.3. The minimum absolute atomic E-state index is 0.00891. The number of carbonyl (C=O) groups is 1. The Morgan fingerprint density at radius 2 is 1.80 bits per heavy atom. The lowest BCUT2D eigenvalue weighted by molar-refractivity contribution is -0.276. The van der Waals surface area contributed by atoms with Gasteiger partial charge in [-0.1, -0.05) is 0 Å². The molecule has 20 heavy (non-hydrogen) atoms. The monoisotopic (exact) mass is 307 g/mol. The van der Waals surface area contributed by atoms with Crippen LogP contribution in [0.15, 0.2) is 6.07 Å². The van der Waals surface area contributed by atoms with Crippen molar-refractivity contribution < 1.29 is 45.4 Å². The zero-order chi connectivity index (χ0) is 15.7. The summed E-state index contributed by atoms with van der Waals surface area (Å²) in [7, 11) is 0. The molecule has 0 unspecified atom stereocenters. The number of halogens is 7. The number of aliphatic carboxylic acids is 1. The van der Waals surface area contributed by atoms with Gasteiger partial charge in [-0.25, -0.2) is 9.37 Å². The van der Waals surface area contributed by atoms with Crippen LogP contribution < -0.4 is 4.74 Å². The number of pyridine rings is 1. The van der Waals surface area contributed by atoms with Crippen molar-refractivity contribution in [3.05, 3.63) is 23.1 Å². The summed E-state index contributed by atoms with van der Waals surface area (Å²) in [6, 6.07) is -0.00891. The lowest BCUT2D eigenvalue weighted by atomic mass is 10.1. The molecule has 0 aliphatic rings. The molecule has 1 aromatic rings. The summed E-state index contributed by atoms with van der Waals surface area (Å²) in [4.78, 5) is 12.7. The second kappa shape index (κ2) is 5.13. The SMILES string of the molecule is O=C(O)Cc1cc(F)c(C(F)(F)F)nc1OC(F)(F)F. The molecule has 11 heteroatoms. The smallest absolute Gasteiger partial charge is 0.481 e. The van der Waals surface area contributed by atoms with E-state index in [0.717, 1.165) is 0 Å². The van der Waals surface area contributed by atoms with Gasteiger partial charge in [-0.15, -0.1) is 13.2 Å². The third kappa shape index (κ3) is 4.24. The number of rotatable bonds is 3. The topological polar surface area (TPSA) is 59.4 Å². The maximum absolute atomic E-state index is 13.1. The number of carboxylic acids is 1. The second-order valence-electron chi connectivity index (χ2n) is 3.40. The van der Waals surface area contributed by atoms with E-state index in [9.17, 15) is 35.5 Å². The molecular formula is C9H4F7NO3. The molecule has 4 nitrogen and oxygen atoms in total. The molecule has 1 heterocycles. The van der Waals surface area contributed by atoms with E-state index < -0.39 is 47.9 Å². The van der Waals surface area contributed by atoms with Crippen LogP contribution in [0.2, 0.25) is 0 Å². The quantitative estimate of drug-likeness (QED) is 0.872. The van der Waals surface area contributed by atoms with Crippen molar-refractivity contribution in [1.29, 1.82) is 0 Å². The van der Waals surface area contributed by atoms with Gasteiger partial charge in [-0.05, 0) is 6.07 Å². The number of carboxylic acid groups (broad SMARTS) is 1. The molecule has 0 radical (unpaired) electrons. The van der Waals surface area contributed by atoms with Gasteiger partial charge in [0.1, 0.15) is 0 Å². The molecule has 0 aliphatic carbocycles. The fourth-order valence-corrected chi connectivity index (χ4v) is 1.20. The average molecular weight is 307 g/mol. The Kier molecular flexibility index (Phi) is 4.10. The maximum atomic E-state index is 13.1. The summed E-state index contributed by atoms with van der Waals surface area (Å²) in [6.07, 6.45) is -11.9. The van der Waals surface area contributed by atoms with Crippen LogP contribution in [0.1, 0.15) is 11.3 Å². The third-order valence-corrected chi connectivity index (χ3v) is 1.84. The number of aromatic nitrogens is 1. The van der Waals surface area contributed by atoms with E-state index in [-0.39, 0.29) is 6.07 Å². The molecule has 0 bridgehead atoms. The molecule has 1 N–H and O–H groups in total. The summed E-state index contributed by atoms with van der Waals surface area (Å²) in [5.41, 5.74) is -3.20. The van der Waals surface area contributed by atoms with Gasteiger partial charge in [0, 0.05) is 5.56 Å². The molecule has 0 saturated carbocycles. The molecule has 1 rings (SSSR count). The zero-order valence-corrected chi connectivity index (χ0v) is 9.14. The molecule has 0 fully saturated rings. The van der Waals surface area contributed by atoms with Gasteiger partial charge in [0.15, 0.2) is 11.5 Å². The van der Waals surface area contributed by atoms with E-state index in [1.165, 1.54) is 0 Å². The highest BCUT2D eigenvalue weighted by Gasteiger charge is 2.40. The molecule has 0 amide bonds. The van der Waals surface area contributed by atoms with Crippen LogP contribution >= 0.6 is 0 Å². The molecule has 0 atom stereocenters. The molecule has 0 spiro atoms. The van der Waals surface area contributed by atoms with Crippen molar-refractivity contribution in [1.82, 2.24) is 4.98 Å². The molecule has 0 saturated heterocycles. The summed E-state index contributed by atoms with van der Waals surface area (Å²) >= 11 is 0. The lowest BCUT2D eigenvalue weighted by Gasteiger charge is -2.14. The van der Waals surface area contributed by atoms with E-state index in [2.05, 4.69) is 9.72 Å². The van der Waals surface area contributed by atoms with E-state index in [0.29, 0.717) is 0 Å². The van der Waals surface area contributed by atoms with Crippen LogP contribution in [0, 0.1) is 5.82 Å². The Labute approximate surface area is 105 Å². The van der Waals surface area contributed by atoms with Crippen LogP contribution in [0.25, 0.3) is 0 Å². The fourth-order valence-electron chi connectivity index (χ4n) is 1.20. The van der Waals surface area contributed by atoms with Crippen LogP contribution in [0.5, 0.6) is 5.88 Å². The predicted octanol–water partition coefficient (Wildman–Crippen LogP) is 2.77. The van der Waals surface area contributed by atoms with Crippen molar-refractivity contribution in [2.75, 3.05) is 0 Å². The average Bonchev–Trinajstić information content (AvgIpc) is 2.17. The summed E-state index contributed by atoms with van der Waals surface area (Å²) in [5, 5.41) is 8.40. The largest absolute Gasteiger partial charge is 0.574 e. The Bertz CT molecular complexity index is 523. The van der Waals surface area contributed by atoms with Gasteiger partial charge in [-0.3, -0.25) is 4.79 Å². The van der Waals surface area contributed by atoms with Crippen molar-refractivity contribution in [2.24, 2.45) is 0 Å². The maximum Gasteiger partial charge on any atom is 0.574 e. The molecule has 0 aliphatic heterocycles. The number of alkyl halides is 6. The summed E-state index contributed by atoms with van der Waals surface area (Å²) in [6.45, 7) is 0. The highest BCUT2D eigenvalue weighted by atomic mass is 19.4. The van der Waals surface area contributed by atoms with Gasteiger partial charge in [0.05, 0.1) is 6.42 Å². The summed E-state index contributed by atoms with van der Waals surface area (Å²) in [5.74, 6) is -5.35. The Balaban J connectivity index is 3.37. The van der Waals surface area contributed by atoms with E-state index >= 15 is 0 Å². The van der Waals surface area contributed by atoms with Crippen LogP contribution in [0.3, 0.4) is 0 Å². The molecule has 112 valence electrons. The third-order valence-electron chi connectivity index (χ3n) is 1.84. The van der Waals surface area contributed by atoms with E-state index in [1.54, 1.807) is 0 Å². The zero-order valence-electron chi connectivity index (χ0n) is 9.14. The first kappa shape index (κ1) is 16.0. The number of hydrogen-bond acceptors (Lipinski definition) is 3. The summed E-state index contributed by atoms with van der Waals surface area (Å²) < 4.78 is 89.2. The molecular weight excluding hydrogens is 303 g/mol. The van der Waals surface area contributed by atoms with Gasteiger partial charge in [0.2, 0.25) is 5.88 Å². The lowest BCUT2D eigenvalue weighted by Crippen LogP contribution is -2.22. The van der Waals surface area contributed by atoms with Crippen LogP contribution in [-0.4, -0.2) is 22.4 Å². The fraction of sp³-hybridized carbons (Fsp3) is 0.333. The Morgan fingerprint density at radius 3 is 2.20 bits per heavy atom. The van der Waals surface area contributed by atoms with Crippen molar-refractivity contribution in [3.8, 4) is 5.88 Å². The van der Waals surface area contributed by atoms with Crippen molar-refractivity contribution >= 4 is 5.97 Å². The molecule has 0 aromatic carbocycles. The predicted molar refractivity (Wildman–Crippen MR) is 47.2 cm³/mol. The first-order valence-electron chi connectivity index (χ1n) is 4.64. The van der Waals surface area contributed by atoms with Crippen LogP contribution in [-0.2, 0) is 17.4 Å². The Hall–Kier alpha value is -2.07.